The quantitative estimate of drug-likeness (QED) is 0.665. The van der Waals surface area contributed by atoms with Crippen molar-refractivity contribution in [3.8, 4) is 0 Å². The molecule has 0 aliphatic carbocycles. The summed E-state index contributed by atoms with van der Waals surface area (Å²) in [4.78, 5) is 13.4. The van der Waals surface area contributed by atoms with Crippen molar-refractivity contribution in [1.82, 2.24) is 0 Å². The lowest BCUT2D eigenvalue weighted by molar-refractivity contribution is 0.0601. The molecule has 0 bridgehead atoms. The molecule has 4 nitrogen and oxygen atoms in total. The minimum atomic E-state index is -0.440. The lowest BCUT2D eigenvalue weighted by Gasteiger charge is -2.24. The molecule has 0 atom stereocenters. The maximum Gasteiger partial charge on any atom is 0.337 e. The number of nitrogens with two attached hydrogens (primary N) is 1. The number of carbonyl (C=O) groups is 1. The zero-order valence-corrected chi connectivity index (χ0v) is 11.0. The fourth-order valence-electron chi connectivity index (χ4n) is 1.73. The molecule has 5 heteroatoms. The number of rotatable bonds is 4. The predicted octanol–water partition coefficient (Wildman–Crippen LogP) is 2.56. The van der Waals surface area contributed by atoms with Crippen LogP contribution in [0.5, 0.6) is 0 Å². The lowest BCUT2D eigenvalue weighted by Crippen LogP contribution is -2.23. The van der Waals surface area contributed by atoms with E-state index in [4.69, 9.17) is 17.3 Å². The van der Waals surface area contributed by atoms with Crippen LogP contribution in [0.1, 0.15) is 24.2 Å². The second kappa shape index (κ2) is 5.77. The number of ether oxygens (including phenoxy) is 1. The Bertz CT molecular complexity index is 394. The van der Waals surface area contributed by atoms with Crippen LogP contribution in [0.3, 0.4) is 0 Å². The van der Waals surface area contributed by atoms with Crippen molar-refractivity contribution in [1.29, 1.82) is 0 Å². The average Bonchev–Trinajstić information content (AvgIpc) is 2.32. The van der Waals surface area contributed by atoms with Crippen molar-refractivity contribution in [2.45, 2.75) is 13.8 Å². The molecule has 0 saturated heterocycles. The van der Waals surface area contributed by atoms with Crippen molar-refractivity contribution in [3.05, 3.63) is 22.7 Å². The summed E-state index contributed by atoms with van der Waals surface area (Å²) in [6.45, 7) is 5.65. The minimum Gasteiger partial charge on any atom is -0.465 e. The Kier molecular flexibility index (Phi) is 4.63. The van der Waals surface area contributed by atoms with E-state index in [-0.39, 0.29) is 0 Å². The maximum absolute atomic E-state index is 11.4. The van der Waals surface area contributed by atoms with E-state index in [1.807, 2.05) is 18.7 Å². The number of esters is 1. The summed E-state index contributed by atoms with van der Waals surface area (Å²) in [7, 11) is 1.32. The monoisotopic (exact) mass is 256 g/mol. The van der Waals surface area contributed by atoms with Crippen LogP contribution in [0.4, 0.5) is 11.4 Å². The molecule has 0 unspecified atom stereocenters. The zero-order chi connectivity index (χ0) is 13.0. The Hall–Kier alpha value is -1.42. The molecule has 0 amide bonds. The molecule has 94 valence electrons. The number of carbonyl (C=O) groups excluding carboxylic acids is 1. The van der Waals surface area contributed by atoms with Crippen LogP contribution in [0, 0.1) is 0 Å². The standard InChI is InChI=1S/C12H17ClN2O2/c1-4-15(5-2)11-9(13)6-8(7-10(11)14)12(16)17-3/h6-7H,4-5,14H2,1-3H3. The predicted molar refractivity (Wildman–Crippen MR) is 70.8 cm³/mol. The molecule has 1 aromatic rings. The van der Waals surface area contributed by atoms with Gasteiger partial charge in [0.15, 0.2) is 0 Å². The van der Waals surface area contributed by atoms with Gasteiger partial charge in [0, 0.05) is 13.1 Å². The second-order valence-electron chi connectivity index (χ2n) is 3.56. The van der Waals surface area contributed by atoms with Gasteiger partial charge >= 0.3 is 5.97 Å². The van der Waals surface area contributed by atoms with Gasteiger partial charge in [-0.1, -0.05) is 11.6 Å². The Morgan fingerprint density at radius 2 is 2.00 bits per heavy atom. The summed E-state index contributed by atoms with van der Waals surface area (Å²) < 4.78 is 4.63. The normalized spacial score (nSPS) is 10.1. The molecule has 0 saturated carbocycles. The minimum absolute atomic E-state index is 0.367. The van der Waals surface area contributed by atoms with Gasteiger partial charge in [0.25, 0.3) is 0 Å². The molecule has 0 heterocycles. The highest BCUT2D eigenvalue weighted by Gasteiger charge is 2.15. The smallest absolute Gasteiger partial charge is 0.337 e. The van der Waals surface area contributed by atoms with Gasteiger partial charge in [0.1, 0.15) is 0 Å². The van der Waals surface area contributed by atoms with Crippen molar-refractivity contribution < 1.29 is 9.53 Å². The van der Waals surface area contributed by atoms with Gasteiger partial charge in [-0.25, -0.2) is 4.79 Å². The van der Waals surface area contributed by atoms with Crippen LogP contribution >= 0.6 is 11.6 Å². The Morgan fingerprint density at radius 3 is 2.41 bits per heavy atom. The van der Waals surface area contributed by atoms with Crippen LogP contribution in [0.15, 0.2) is 12.1 Å². The third-order valence-electron chi connectivity index (χ3n) is 2.59. The summed E-state index contributed by atoms with van der Waals surface area (Å²) in [6.07, 6.45) is 0. The molecule has 0 aromatic heterocycles. The number of halogens is 1. The van der Waals surface area contributed by atoms with Gasteiger partial charge in [-0.15, -0.1) is 0 Å². The number of methoxy groups -OCH3 is 1. The average molecular weight is 257 g/mol. The van der Waals surface area contributed by atoms with Crippen LogP contribution < -0.4 is 10.6 Å². The first-order valence-electron chi connectivity index (χ1n) is 5.47. The van der Waals surface area contributed by atoms with Crippen molar-refractivity contribution in [2.24, 2.45) is 0 Å². The molecular weight excluding hydrogens is 240 g/mol. The number of nitrogen functional groups attached to an aromatic ring is 1. The summed E-state index contributed by atoms with van der Waals surface area (Å²) >= 11 is 6.16. The number of anilines is 2. The van der Waals surface area contributed by atoms with Crippen LogP contribution in [-0.4, -0.2) is 26.2 Å². The van der Waals surface area contributed by atoms with E-state index in [0.29, 0.717) is 16.3 Å². The first-order chi connectivity index (χ1) is 8.04. The van der Waals surface area contributed by atoms with Crippen LogP contribution in [-0.2, 0) is 4.74 Å². The molecule has 0 radical (unpaired) electrons. The van der Waals surface area contributed by atoms with Gasteiger partial charge < -0.3 is 15.4 Å². The molecule has 1 rings (SSSR count). The van der Waals surface area contributed by atoms with Crippen LogP contribution in [0.2, 0.25) is 5.02 Å². The molecular formula is C12H17ClN2O2. The highest BCUT2D eigenvalue weighted by molar-refractivity contribution is 6.34. The van der Waals surface area contributed by atoms with E-state index in [1.165, 1.54) is 7.11 Å². The fraction of sp³-hybridized carbons (Fsp3) is 0.417. The van der Waals surface area contributed by atoms with Crippen molar-refractivity contribution >= 4 is 28.9 Å². The van der Waals surface area contributed by atoms with E-state index < -0.39 is 5.97 Å². The largest absolute Gasteiger partial charge is 0.465 e. The fourth-order valence-corrected chi connectivity index (χ4v) is 2.08. The van der Waals surface area contributed by atoms with E-state index in [1.54, 1.807) is 12.1 Å². The molecule has 1 aromatic carbocycles. The zero-order valence-electron chi connectivity index (χ0n) is 10.3. The third-order valence-corrected chi connectivity index (χ3v) is 2.88. The highest BCUT2D eigenvalue weighted by atomic mass is 35.5. The summed E-state index contributed by atoms with van der Waals surface area (Å²) in [5.41, 5.74) is 7.55. The first-order valence-corrected chi connectivity index (χ1v) is 5.85. The van der Waals surface area contributed by atoms with E-state index in [0.717, 1.165) is 18.8 Å². The van der Waals surface area contributed by atoms with E-state index in [9.17, 15) is 4.79 Å². The molecule has 0 fully saturated rings. The first kappa shape index (κ1) is 13.6. The summed E-state index contributed by atoms with van der Waals surface area (Å²) in [5, 5.41) is 0.467. The molecule has 0 aliphatic rings. The Balaban J connectivity index is 3.23. The van der Waals surface area contributed by atoms with E-state index in [2.05, 4.69) is 4.74 Å². The number of benzene rings is 1. The van der Waals surface area contributed by atoms with Crippen molar-refractivity contribution in [3.63, 3.8) is 0 Å². The van der Waals surface area contributed by atoms with Crippen molar-refractivity contribution in [2.75, 3.05) is 30.8 Å². The summed E-state index contributed by atoms with van der Waals surface area (Å²) in [5.74, 6) is -0.440. The Labute approximate surface area is 106 Å². The molecule has 0 spiro atoms. The Morgan fingerprint density at radius 1 is 1.41 bits per heavy atom. The number of hydrogen-bond donors (Lipinski definition) is 1. The number of nitrogens with zero attached hydrogens (tertiary/aromatic N) is 1. The van der Waals surface area contributed by atoms with Gasteiger partial charge in [0.05, 0.1) is 29.1 Å². The maximum atomic E-state index is 11.4. The number of hydrogen-bond acceptors (Lipinski definition) is 4. The lowest BCUT2D eigenvalue weighted by atomic mass is 10.1. The third kappa shape index (κ3) is 2.82. The molecule has 0 aliphatic heterocycles. The van der Waals surface area contributed by atoms with Gasteiger partial charge in [-0.2, -0.15) is 0 Å². The summed E-state index contributed by atoms with van der Waals surface area (Å²) in [6, 6.07) is 3.17. The molecule has 2 N–H and O–H groups in total. The second-order valence-corrected chi connectivity index (χ2v) is 3.97. The molecule has 17 heavy (non-hydrogen) atoms. The highest BCUT2D eigenvalue weighted by Crippen LogP contribution is 2.33. The van der Waals surface area contributed by atoms with Gasteiger partial charge in [-0.3, -0.25) is 0 Å². The van der Waals surface area contributed by atoms with Crippen LogP contribution in [0.25, 0.3) is 0 Å². The van der Waals surface area contributed by atoms with Gasteiger partial charge in [0.2, 0.25) is 0 Å². The van der Waals surface area contributed by atoms with Gasteiger partial charge in [-0.05, 0) is 26.0 Å². The van der Waals surface area contributed by atoms with E-state index >= 15 is 0 Å². The SMILES string of the molecule is CCN(CC)c1c(N)cc(C(=O)OC)cc1Cl. The topological polar surface area (TPSA) is 55.6 Å².